The fourth-order valence-corrected chi connectivity index (χ4v) is 4.88. The van der Waals surface area contributed by atoms with Crippen molar-refractivity contribution < 1.29 is 9.18 Å². The average molecular weight is 534 g/mol. The molecule has 2 aromatic carbocycles. The van der Waals surface area contributed by atoms with E-state index in [1.54, 1.807) is 47.5 Å². The number of aromatic nitrogens is 5. The number of benzene rings is 2. The maximum absolute atomic E-state index is 13.8. The van der Waals surface area contributed by atoms with Crippen LogP contribution in [0.5, 0.6) is 0 Å². The van der Waals surface area contributed by atoms with Gasteiger partial charge in [-0.1, -0.05) is 12.0 Å². The number of anilines is 1. The maximum atomic E-state index is 13.8. The third-order valence-corrected chi connectivity index (χ3v) is 7.01. The van der Waals surface area contributed by atoms with Crippen molar-refractivity contribution in [3.05, 3.63) is 107 Å². The van der Waals surface area contributed by atoms with Crippen molar-refractivity contribution >= 4 is 17.2 Å². The standard InChI is InChI=1S/C31H28FN7O/c1-22-6-7-25(15-24(22)8-9-28-18-33-30-5-4-10-35-39(28)30)31(40)36-26-13-23(17-32)14-29(16-26)38-20-27(34-21-38)19-37-11-2-3-12-37/h4-7,10,13-16,18,20-21H,2-3,11-12,17,19H2,1H3,(H,36,40). The number of likely N-dealkylation sites (tertiary alicyclic amines) is 1. The van der Waals surface area contributed by atoms with Crippen molar-refractivity contribution in [1.82, 2.24) is 29.0 Å². The van der Waals surface area contributed by atoms with Crippen LogP contribution < -0.4 is 5.32 Å². The van der Waals surface area contributed by atoms with E-state index in [2.05, 4.69) is 37.1 Å². The van der Waals surface area contributed by atoms with Crippen LogP contribution in [0.4, 0.5) is 10.1 Å². The molecule has 8 nitrogen and oxygen atoms in total. The van der Waals surface area contributed by atoms with Crippen LogP contribution in [0.15, 0.2) is 73.4 Å². The van der Waals surface area contributed by atoms with E-state index in [1.165, 1.54) is 12.8 Å². The monoisotopic (exact) mass is 533 g/mol. The summed E-state index contributed by atoms with van der Waals surface area (Å²) in [6.45, 7) is 4.27. The van der Waals surface area contributed by atoms with E-state index in [-0.39, 0.29) is 5.91 Å². The molecule has 0 atom stereocenters. The molecule has 0 bridgehead atoms. The Morgan fingerprint density at radius 2 is 1.95 bits per heavy atom. The second-order valence-corrected chi connectivity index (χ2v) is 9.95. The van der Waals surface area contributed by atoms with Gasteiger partial charge in [0.05, 0.1) is 18.2 Å². The molecule has 40 heavy (non-hydrogen) atoms. The van der Waals surface area contributed by atoms with Crippen LogP contribution in [-0.2, 0) is 13.2 Å². The van der Waals surface area contributed by atoms with E-state index in [1.807, 2.05) is 42.0 Å². The highest BCUT2D eigenvalue weighted by molar-refractivity contribution is 6.04. The maximum Gasteiger partial charge on any atom is 0.255 e. The minimum Gasteiger partial charge on any atom is -0.322 e. The van der Waals surface area contributed by atoms with Crippen molar-refractivity contribution in [3.8, 4) is 17.5 Å². The van der Waals surface area contributed by atoms with Crippen LogP contribution in [-0.4, -0.2) is 48.0 Å². The molecule has 9 heteroatoms. The topological polar surface area (TPSA) is 80.3 Å². The molecule has 4 heterocycles. The highest BCUT2D eigenvalue weighted by atomic mass is 19.1. The fraction of sp³-hybridized carbons (Fsp3) is 0.226. The molecular formula is C31H28FN7O. The lowest BCUT2D eigenvalue weighted by Gasteiger charge is -2.12. The predicted octanol–water partition coefficient (Wildman–Crippen LogP) is 4.94. The first-order chi connectivity index (χ1) is 19.6. The fourth-order valence-electron chi connectivity index (χ4n) is 4.88. The second-order valence-electron chi connectivity index (χ2n) is 9.95. The van der Waals surface area contributed by atoms with Crippen molar-refractivity contribution in [3.63, 3.8) is 0 Å². The molecule has 1 N–H and O–H groups in total. The van der Waals surface area contributed by atoms with E-state index in [4.69, 9.17) is 0 Å². The van der Waals surface area contributed by atoms with Crippen LogP contribution in [0.1, 0.15) is 51.3 Å². The Hall–Kier alpha value is -4.81. The molecule has 1 aliphatic heterocycles. The Kier molecular flexibility index (Phi) is 7.08. The summed E-state index contributed by atoms with van der Waals surface area (Å²) in [5.41, 5.74) is 6.17. The first kappa shape index (κ1) is 25.5. The second kappa shape index (κ2) is 11.1. The molecule has 1 fully saturated rings. The molecule has 200 valence electrons. The minimum atomic E-state index is -0.644. The van der Waals surface area contributed by atoms with Crippen LogP contribution in [0, 0.1) is 18.8 Å². The summed E-state index contributed by atoms with van der Waals surface area (Å²) in [6, 6.07) is 14.3. The van der Waals surface area contributed by atoms with Gasteiger partial charge in [-0.3, -0.25) is 9.69 Å². The Morgan fingerprint density at radius 1 is 1.07 bits per heavy atom. The molecule has 0 aliphatic carbocycles. The number of hydrogen-bond donors (Lipinski definition) is 1. The number of carbonyl (C=O) groups is 1. The smallest absolute Gasteiger partial charge is 0.255 e. The van der Waals surface area contributed by atoms with E-state index in [0.29, 0.717) is 28.2 Å². The largest absolute Gasteiger partial charge is 0.322 e. The molecule has 0 unspecified atom stereocenters. The number of alkyl halides is 1. The van der Waals surface area contributed by atoms with Gasteiger partial charge in [-0.05, 0) is 92.4 Å². The van der Waals surface area contributed by atoms with Gasteiger partial charge in [-0.15, -0.1) is 0 Å². The summed E-state index contributed by atoms with van der Waals surface area (Å²) in [7, 11) is 0. The Bertz CT molecular complexity index is 1750. The number of hydrogen-bond acceptors (Lipinski definition) is 5. The molecule has 1 aliphatic rings. The quantitative estimate of drug-likeness (QED) is 0.313. The highest BCUT2D eigenvalue weighted by Gasteiger charge is 2.14. The van der Waals surface area contributed by atoms with Crippen LogP contribution in [0.25, 0.3) is 11.3 Å². The number of fused-ring (bicyclic) bond motifs is 1. The summed E-state index contributed by atoms with van der Waals surface area (Å²) in [6.07, 6.45) is 9.49. The van der Waals surface area contributed by atoms with Gasteiger partial charge in [-0.25, -0.2) is 18.9 Å². The number of imidazole rings is 2. The van der Waals surface area contributed by atoms with Gasteiger partial charge in [0.25, 0.3) is 5.91 Å². The zero-order valence-electron chi connectivity index (χ0n) is 22.1. The summed E-state index contributed by atoms with van der Waals surface area (Å²) in [4.78, 5) is 24.5. The Labute approximate surface area is 231 Å². The first-order valence-corrected chi connectivity index (χ1v) is 13.2. The van der Waals surface area contributed by atoms with Gasteiger partial charge in [0.1, 0.15) is 12.4 Å². The van der Waals surface area contributed by atoms with E-state index in [9.17, 15) is 9.18 Å². The lowest BCUT2D eigenvalue weighted by molar-refractivity contribution is 0.102. The highest BCUT2D eigenvalue weighted by Crippen LogP contribution is 2.22. The molecular weight excluding hydrogens is 505 g/mol. The number of rotatable bonds is 6. The van der Waals surface area contributed by atoms with Crippen molar-refractivity contribution in [2.75, 3.05) is 18.4 Å². The van der Waals surface area contributed by atoms with Crippen LogP contribution in [0.2, 0.25) is 0 Å². The lowest BCUT2D eigenvalue weighted by Crippen LogP contribution is -2.18. The van der Waals surface area contributed by atoms with Crippen LogP contribution in [0.3, 0.4) is 0 Å². The van der Waals surface area contributed by atoms with Gasteiger partial charge in [0.15, 0.2) is 5.65 Å². The molecule has 0 saturated carbocycles. The van der Waals surface area contributed by atoms with E-state index >= 15 is 0 Å². The molecule has 0 spiro atoms. The Morgan fingerprint density at radius 3 is 2.80 bits per heavy atom. The summed E-state index contributed by atoms with van der Waals surface area (Å²) in [5, 5.41) is 7.22. The van der Waals surface area contributed by atoms with Crippen molar-refractivity contribution in [2.45, 2.75) is 33.0 Å². The molecule has 5 aromatic rings. The number of nitrogens with one attached hydrogen (secondary N) is 1. The van der Waals surface area contributed by atoms with Crippen molar-refractivity contribution in [2.24, 2.45) is 0 Å². The molecule has 1 amide bonds. The summed E-state index contributed by atoms with van der Waals surface area (Å²) < 4.78 is 17.3. The van der Waals surface area contributed by atoms with Crippen LogP contribution >= 0.6 is 0 Å². The number of nitrogens with zero attached hydrogens (tertiary/aromatic N) is 6. The lowest BCUT2D eigenvalue weighted by atomic mass is 10.0. The van der Waals surface area contributed by atoms with Gasteiger partial charge in [0.2, 0.25) is 0 Å². The number of aryl methyl sites for hydroxylation is 1. The first-order valence-electron chi connectivity index (χ1n) is 13.2. The van der Waals surface area contributed by atoms with E-state index < -0.39 is 6.67 Å². The molecule has 6 rings (SSSR count). The van der Waals surface area contributed by atoms with Gasteiger partial charge >= 0.3 is 0 Å². The predicted molar refractivity (Wildman–Crippen MR) is 151 cm³/mol. The number of carbonyl (C=O) groups excluding carboxylic acids is 1. The average Bonchev–Trinajstić information content (AvgIpc) is 3.74. The number of halogens is 1. The van der Waals surface area contributed by atoms with Gasteiger partial charge in [0, 0.05) is 41.4 Å². The minimum absolute atomic E-state index is 0.304. The third kappa shape index (κ3) is 5.48. The molecule has 0 radical (unpaired) electrons. The summed E-state index contributed by atoms with van der Waals surface area (Å²) in [5.74, 6) is 5.95. The third-order valence-electron chi connectivity index (χ3n) is 7.01. The van der Waals surface area contributed by atoms with Gasteiger partial charge < -0.3 is 9.88 Å². The van der Waals surface area contributed by atoms with Crippen molar-refractivity contribution in [1.29, 1.82) is 0 Å². The SMILES string of the molecule is Cc1ccc(C(=O)Nc2cc(CF)cc(-n3cnc(CN4CCCC4)c3)c2)cc1C#Cc1cnc2cccnn12. The summed E-state index contributed by atoms with van der Waals surface area (Å²) >= 11 is 0. The molecule has 3 aromatic heterocycles. The van der Waals surface area contributed by atoms with E-state index in [0.717, 1.165) is 42.1 Å². The number of amides is 1. The Balaban J connectivity index is 1.22. The van der Waals surface area contributed by atoms with Gasteiger partial charge in [-0.2, -0.15) is 5.10 Å². The molecule has 1 saturated heterocycles. The zero-order chi connectivity index (χ0) is 27.5. The normalized spacial score (nSPS) is 13.3. The zero-order valence-corrected chi connectivity index (χ0v) is 22.1.